The molecule has 1 aliphatic carbocycles. The minimum atomic E-state index is -0.0217. The summed E-state index contributed by atoms with van der Waals surface area (Å²) >= 11 is 0. The molecule has 0 aliphatic heterocycles. The molecule has 0 saturated heterocycles. The van der Waals surface area contributed by atoms with Crippen molar-refractivity contribution in [2.45, 2.75) is 38.6 Å². The quantitative estimate of drug-likeness (QED) is 0.868. The normalized spacial score (nSPS) is 23.9. The Bertz CT molecular complexity index is 421. The van der Waals surface area contributed by atoms with E-state index < -0.39 is 0 Å². The van der Waals surface area contributed by atoms with Crippen molar-refractivity contribution < 1.29 is 4.79 Å². The van der Waals surface area contributed by atoms with Gasteiger partial charge >= 0.3 is 0 Å². The smallest absolute Gasteiger partial charge is 0.274 e. The first kappa shape index (κ1) is 12.9. The minimum absolute atomic E-state index is 0.0217. The average Bonchev–Trinajstić information content (AvgIpc) is 2.67. The number of amides is 1. The van der Waals surface area contributed by atoms with Gasteiger partial charge in [0.25, 0.3) is 5.91 Å². The van der Waals surface area contributed by atoms with Gasteiger partial charge in [-0.1, -0.05) is 19.8 Å². The molecule has 2 unspecified atom stereocenters. The van der Waals surface area contributed by atoms with Crippen LogP contribution in [0.2, 0.25) is 0 Å². The van der Waals surface area contributed by atoms with Crippen molar-refractivity contribution in [1.82, 2.24) is 14.7 Å². The number of nitrogens with zero attached hydrogens (tertiary/aromatic N) is 3. The van der Waals surface area contributed by atoms with E-state index in [1.165, 1.54) is 19.0 Å². The number of aromatic nitrogens is 2. The van der Waals surface area contributed by atoms with E-state index in [2.05, 4.69) is 12.0 Å². The fraction of sp³-hybridized carbons (Fsp3) is 0.692. The van der Waals surface area contributed by atoms with Crippen LogP contribution < -0.4 is 5.73 Å². The van der Waals surface area contributed by atoms with Crippen LogP contribution in [0.4, 0.5) is 5.69 Å². The van der Waals surface area contributed by atoms with Gasteiger partial charge in [0, 0.05) is 20.1 Å². The highest BCUT2D eigenvalue weighted by molar-refractivity contribution is 5.97. The second-order valence-corrected chi connectivity index (χ2v) is 5.41. The van der Waals surface area contributed by atoms with E-state index in [0.717, 1.165) is 12.8 Å². The fourth-order valence-corrected chi connectivity index (χ4v) is 2.80. The number of hydrogen-bond acceptors (Lipinski definition) is 3. The zero-order chi connectivity index (χ0) is 13.3. The Morgan fingerprint density at radius 3 is 2.83 bits per heavy atom. The van der Waals surface area contributed by atoms with Crippen LogP contribution in [-0.2, 0) is 7.05 Å². The molecule has 5 heteroatoms. The third-order valence-corrected chi connectivity index (χ3v) is 3.95. The van der Waals surface area contributed by atoms with E-state index in [-0.39, 0.29) is 5.91 Å². The molecule has 0 aromatic carbocycles. The molecule has 1 amide bonds. The Labute approximate surface area is 108 Å². The van der Waals surface area contributed by atoms with Crippen LogP contribution in [0.25, 0.3) is 0 Å². The number of anilines is 1. The molecule has 1 aliphatic rings. The molecule has 1 aromatic rings. The molecule has 1 saturated carbocycles. The Hall–Kier alpha value is -1.52. The first-order valence-electron chi connectivity index (χ1n) is 6.55. The summed E-state index contributed by atoms with van der Waals surface area (Å²) in [5.41, 5.74) is 6.76. The van der Waals surface area contributed by atoms with Gasteiger partial charge in [-0.05, 0) is 18.8 Å². The number of nitrogens with two attached hydrogens (primary N) is 1. The van der Waals surface area contributed by atoms with Gasteiger partial charge in [-0.2, -0.15) is 5.10 Å². The van der Waals surface area contributed by atoms with Crippen molar-refractivity contribution in [2.75, 3.05) is 12.8 Å². The van der Waals surface area contributed by atoms with Crippen LogP contribution in [0, 0.1) is 5.92 Å². The summed E-state index contributed by atoms with van der Waals surface area (Å²) < 4.78 is 1.56. The van der Waals surface area contributed by atoms with E-state index in [1.54, 1.807) is 11.7 Å². The lowest BCUT2D eigenvalue weighted by Crippen LogP contribution is -2.40. The molecule has 2 atom stereocenters. The number of aryl methyl sites for hydroxylation is 1. The van der Waals surface area contributed by atoms with Gasteiger partial charge in [0.1, 0.15) is 5.69 Å². The average molecular weight is 250 g/mol. The molecule has 1 heterocycles. The van der Waals surface area contributed by atoms with Crippen molar-refractivity contribution in [3.63, 3.8) is 0 Å². The van der Waals surface area contributed by atoms with E-state index in [9.17, 15) is 4.79 Å². The van der Waals surface area contributed by atoms with Crippen LogP contribution in [0.1, 0.15) is 43.1 Å². The molecule has 0 bridgehead atoms. The van der Waals surface area contributed by atoms with Gasteiger partial charge in [0.2, 0.25) is 0 Å². The number of carbonyl (C=O) groups is 1. The van der Waals surface area contributed by atoms with Crippen LogP contribution in [0.5, 0.6) is 0 Å². The first-order valence-corrected chi connectivity index (χ1v) is 6.55. The number of carbonyl (C=O) groups excluding carboxylic acids is 1. The number of rotatable bonds is 2. The summed E-state index contributed by atoms with van der Waals surface area (Å²) in [6.45, 7) is 2.25. The maximum absolute atomic E-state index is 12.4. The summed E-state index contributed by atoms with van der Waals surface area (Å²) in [7, 11) is 3.62. The maximum Gasteiger partial charge on any atom is 0.274 e. The van der Waals surface area contributed by atoms with Crippen molar-refractivity contribution in [1.29, 1.82) is 0 Å². The van der Waals surface area contributed by atoms with Gasteiger partial charge in [-0.3, -0.25) is 9.48 Å². The number of nitrogen functional groups attached to an aromatic ring is 1. The Kier molecular flexibility index (Phi) is 3.59. The topological polar surface area (TPSA) is 64.2 Å². The lowest BCUT2D eigenvalue weighted by atomic mass is 9.86. The van der Waals surface area contributed by atoms with Gasteiger partial charge < -0.3 is 10.6 Å². The summed E-state index contributed by atoms with van der Waals surface area (Å²) in [5, 5.41) is 4.02. The molecular formula is C13H22N4O. The van der Waals surface area contributed by atoms with Crippen molar-refractivity contribution >= 4 is 11.6 Å². The fourth-order valence-electron chi connectivity index (χ4n) is 2.80. The summed E-state index contributed by atoms with van der Waals surface area (Å²) in [6, 6.07) is 0.329. The lowest BCUT2D eigenvalue weighted by molar-refractivity contribution is 0.0662. The molecule has 2 N–H and O–H groups in total. The SMILES string of the molecule is CC1CCCC(N(C)C(=O)c2c(N)cnn2C)C1. The second-order valence-electron chi connectivity index (χ2n) is 5.41. The van der Waals surface area contributed by atoms with Gasteiger partial charge in [-0.15, -0.1) is 0 Å². The highest BCUT2D eigenvalue weighted by Crippen LogP contribution is 2.27. The summed E-state index contributed by atoms with van der Waals surface area (Å²) in [6.07, 6.45) is 6.17. The molecule has 0 spiro atoms. The molecule has 100 valence electrons. The molecule has 2 rings (SSSR count). The van der Waals surface area contributed by atoms with Crippen molar-refractivity contribution in [3.05, 3.63) is 11.9 Å². The van der Waals surface area contributed by atoms with E-state index in [4.69, 9.17) is 5.73 Å². The van der Waals surface area contributed by atoms with Gasteiger partial charge in [0.15, 0.2) is 0 Å². The van der Waals surface area contributed by atoms with Crippen LogP contribution in [0.15, 0.2) is 6.20 Å². The third kappa shape index (κ3) is 2.35. The highest BCUT2D eigenvalue weighted by Gasteiger charge is 2.28. The van der Waals surface area contributed by atoms with E-state index in [0.29, 0.717) is 23.3 Å². The second kappa shape index (κ2) is 5.00. The van der Waals surface area contributed by atoms with Gasteiger partial charge in [0.05, 0.1) is 11.9 Å². The molecule has 1 fully saturated rings. The molecular weight excluding hydrogens is 228 g/mol. The van der Waals surface area contributed by atoms with E-state index in [1.807, 2.05) is 11.9 Å². The predicted molar refractivity (Wildman–Crippen MR) is 71.1 cm³/mol. The summed E-state index contributed by atoms with van der Waals surface area (Å²) in [4.78, 5) is 14.3. The van der Waals surface area contributed by atoms with Crippen LogP contribution in [-0.4, -0.2) is 33.7 Å². The minimum Gasteiger partial charge on any atom is -0.396 e. The molecule has 0 radical (unpaired) electrons. The zero-order valence-electron chi connectivity index (χ0n) is 11.4. The Morgan fingerprint density at radius 1 is 1.56 bits per heavy atom. The van der Waals surface area contributed by atoms with Crippen molar-refractivity contribution in [3.8, 4) is 0 Å². The van der Waals surface area contributed by atoms with Crippen LogP contribution >= 0.6 is 0 Å². The summed E-state index contributed by atoms with van der Waals surface area (Å²) in [5.74, 6) is 0.675. The Morgan fingerprint density at radius 2 is 2.28 bits per heavy atom. The lowest BCUT2D eigenvalue weighted by Gasteiger charge is -2.34. The number of hydrogen-bond donors (Lipinski definition) is 1. The molecule has 18 heavy (non-hydrogen) atoms. The zero-order valence-corrected chi connectivity index (χ0v) is 11.4. The van der Waals surface area contributed by atoms with Gasteiger partial charge in [-0.25, -0.2) is 0 Å². The maximum atomic E-state index is 12.4. The third-order valence-electron chi connectivity index (χ3n) is 3.95. The monoisotopic (exact) mass is 250 g/mol. The Balaban J connectivity index is 2.13. The first-order chi connectivity index (χ1) is 8.50. The largest absolute Gasteiger partial charge is 0.396 e. The highest BCUT2D eigenvalue weighted by atomic mass is 16.2. The van der Waals surface area contributed by atoms with Crippen molar-refractivity contribution in [2.24, 2.45) is 13.0 Å². The van der Waals surface area contributed by atoms with Crippen LogP contribution in [0.3, 0.4) is 0 Å². The predicted octanol–water partition coefficient (Wildman–Crippen LogP) is 1.65. The standard InChI is InChI=1S/C13H22N4O/c1-9-5-4-6-10(7-9)16(2)13(18)12-11(14)8-15-17(12)3/h8-10H,4-7,14H2,1-3H3. The molecule has 1 aromatic heterocycles. The van der Waals surface area contributed by atoms with E-state index >= 15 is 0 Å². The molecule has 5 nitrogen and oxygen atoms in total.